The van der Waals surface area contributed by atoms with Crippen LogP contribution in [0.15, 0.2) is 29.2 Å². The lowest BCUT2D eigenvalue weighted by atomic mass is 10.2. The lowest BCUT2D eigenvalue weighted by Crippen LogP contribution is -2.32. The number of benzene rings is 1. The van der Waals surface area contributed by atoms with Gasteiger partial charge in [0.15, 0.2) is 0 Å². The van der Waals surface area contributed by atoms with Crippen LogP contribution in [0, 0.1) is 0 Å². The van der Waals surface area contributed by atoms with Gasteiger partial charge in [0.05, 0.1) is 11.7 Å². The molecule has 1 saturated carbocycles. The number of hydrogen-bond donors (Lipinski definition) is 1. The van der Waals surface area contributed by atoms with E-state index in [-0.39, 0.29) is 17.0 Å². The lowest BCUT2D eigenvalue weighted by Gasteiger charge is -2.16. The van der Waals surface area contributed by atoms with Crippen molar-refractivity contribution in [1.29, 1.82) is 0 Å². The van der Waals surface area contributed by atoms with Gasteiger partial charge in [0, 0.05) is 25.7 Å². The molecule has 0 aliphatic heterocycles. The quantitative estimate of drug-likeness (QED) is 0.783. The van der Waals surface area contributed by atoms with Crippen LogP contribution in [0.2, 0.25) is 0 Å². The van der Waals surface area contributed by atoms with Crippen molar-refractivity contribution in [2.75, 3.05) is 7.05 Å². The minimum absolute atomic E-state index is 0.0679. The summed E-state index contributed by atoms with van der Waals surface area (Å²) in [5.41, 5.74) is 2.28. The van der Waals surface area contributed by atoms with Crippen molar-refractivity contribution in [2.24, 2.45) is 0 Å². The Hall–Kier alpha value is -2.61. The van der Waals surface area contributed by atoms with Gasteiger partial charge in [-0.25, -0.2) is 4.98 Å². The van der Waals surface area contributed by atoms with E-state index in [0.29, 0.717) is 18.3 Å². The van der Waals surface area contributed by atoms with Crippen LogP contribution in [0.5, 0.6) is 0 Å². The van der Waals surface area contributed by atoms with Gasteiger partial charge in [-0.05, 0) is 30.5 Å². The van der Waals surface area contributed by atoms with Crippen molar-refractivity contribution in [1.82, 2.24) is 23.6 Å². The number of fused-ring (bicyclic) bond motifs is 1. The summed E-state index contributed by atoms with van der Waals surface area (Å²) in [5.74, 6) is 0.682. The fourth-order valence-corrected chi connectivity index (χ4v) is 3.12. The van der Waals surface area contributed by atoms with Crippen LogP contribution in [0.25, 0.3) is 11.0 Å². The van der Waals surface area contributed by atoms with Gasteiger partial charge in [-0.15, -0.1) is 0 Å². The number of carbonyl (C=O) groups excluding carboxylic acids is 1. The summed E-state index contributed by atoms with van der Waals surface area (Å²) in [6.07, 6.45) is 3.48. The average molecular weight is 341 g/mol. The second kappa shape index (κ2) is 5.79. The van der Waals surface area contributed by atoms with Crippen LogP contribution in [0.3, 0.4) is 0 Å². The van der Waals surface area contributed by atoms with Gasteiger partial charge in [0.25, 0.3) is 11.5 Å². The second-order valence-corrected chi connectivity index (χ2v) is 6.56. The second-order valence-electron chi connectivity index (χ2n) is 6.03. The lowest BCUT2D eigenvalue weighted by molar-refractivity contribution is 0.0783. The highest BCUT2D eigenvalue weighted by atomic mass is 32.1. The molecule has 1 N–H and O–H groups in total. The van der Waals surface area contributed by atoms with Crippen LogP contribution in [0.4, 0.5) is 0 Å². The number of H-pyrrole nitrogens is 1. The highest BCUT2D eigenvalue weighted by Crippen LogP contribution is 2.37. The number of nitrogens with zero attached hydrogens (tertiary/aromatic N) is 4. The topological polar surface area (TPSA) is 91.8 Å². The summed E-state index contributed by atoms with van der Waals surface area (Å²) in [6, 6.07) is 5.69. The van der Waals surface area contributed by atoms with Crippen molar-refractivity contribution >= 4 is 28.7 Å². The van der Waals surface area contributed by atoms with E-state index in [1.165, 1.54) is 11.1 Å². The Morgan fingerprint density at radius 1 is 1.33 bits per heavy atom. The molecule has 1 amide bonds. The first-order valence-electron chi connectivity index (χ1n) is 7.67. The third kappa shape index (κ3) is 2.80. The van der Waals surface area contributed by atoms with Gasteiger partial charge in [-0.3, -0.25) is 9.59 Å². The zero-order valence-electron chi connectivity index (χ0n) is 13.0. The molecule has 0 bridgehead atoms. The fraction of sp³-hybridized carbons (Fsp3) is 0.312. The van der Waals surface area contributed by atoms with Gasteiger partial charge >= 0.3 is 0 Å². The molecule has 122 valence electrons. The number of nitrogens with one attached hydrogen (secondary N) is 1. The standard InChI is InChI=1S/C16H15N5O2S/c1-21(8-9-2-5-12-13(6-9)20-24-19-12)16(23)11-7-17-14(10-3-4-10)18-15(11)22/h2,5-7,10H,3-4,8H2,1H3,(H,17,18,22). The smallest absolute Gasteiger partial charge is 0.263 e. The molecule has 1 aliphatic carbocycles. The highest BCUT2D eigenvalue weighted by molar-refractivity contribution is 7.00. The van der Waals surface area contributed by atoms with Crippen molar-refractivity contribution in [3.8, 4) is 0 Å². The molecule has 0 unspecified atom stereocenters. The molecular weight excluding hydrogens is 326 g/mol. The van der Waals surface area contributed by atoms with E-state index in [4.69, 9.17) is 0 Å². The Balaban J connectivity index is 1.53. The van der Waals surface area contributed by atoms with Crippen LogP contribution >= 0.6 is 11.7 Å². The Kier molecular flexibility index (Phi) is 3.61. The molecule has 2 heterocycles. The molecule has 1 aliphatic rings. The van der Waals surface area contributed by atoms with E-state index in [2.05, 4.69) is 18.7 Å². The fourth-order valence-electron chi connectivity index (χ4n) is 2.60. The Morgan fingerprint density at radius 3 is 2.88 bits per heavy atom. The summed E-state index contributed by atoms with van der Waals surface area (Å²) in [6.45, 7) is 0.385. The van der Waals surface area contributed by atoms with E-state index >= 15 is 0 Å². The molecular formula is C16H15N5O2S. The third-order valence-electron chi connectivity index (χ3n) is 4.10. The van der Waals surface area contributed by atoms with Crippen molar-refractivity contribution in [3.63, 3.8) is 0 Å². The molecule has 1 fully saturated rings. The zero-order valence-corrected chi connectivity index (χ0v) is 13.8. The van der Waals surface area contributed by atoms with E-state index in [1.54, 1.807) is 7.05 Å². The maximum absolute atomic E-state index is 12.5. The normalized spacial score (nSPS) is 14.0. The molecule has 7 nitrogen and oxygen atoms in total. The maximum Gasteiger partial charge on any atom is 0.263 e. The van der Waals surface area contributed by atoms with Crippen molar-refractivity contribution in [2.45, 2.75) is 25.3 Å². The number of aromatic amines is 1. The summed E-state index contributed by atoms with van der Waals surface area (Å²) < 4.78 is 8.36. The highest BCUT2D eigenvalue weighted by Gasteiger charge is 2.27. The van der Waals surface area contributed by atoms with Crippen LogP contribution < -0.4 is 5.56 Å². The number of rotatable bonds is 4. The predicted molar refractivity (Wildman–Crippen MR) is 90.0 cm³/mol. The average Bonchev–Trinajstić information content (AvgIpc) is 3.32. The Bertz CT molecular complexity index is 976. The molecule has 8 heteroatoms. The predicted octanol–water partition coefficient (Wildman–Crippen LogP) is 1.92. The molecule has 0 saturated heterocycles. The molecule has 0 radical (unpaired) electrons. The molecule has 0 atom stereocenters. The third-order valence-corrected chi connectivity index (χ3v) is 4.65. The molecule has 1 aromatic carbocycles. The summed E-state index contributed by atoms with van der Waals surface area (Å²) in [4.78, 5) is 33.1. The zero-order chi connectivity index (χ0) is 16.7. The summed E-state index contributed by atoms with van der Waals surface area (Å²) in [7, 11) is 1.67. The minimum atomic E-state index is -0.372. The van der Waals surface area contributed by atoms with E-state index < -0.39 is 0 Å². The van der Waals surface area contributed by atoms with Crippen molar-refractivity contribution < 1.29 is 4.79 Å². The van der Waals surface area contributed by atoms with Crippen molar-refractivity contribution in [3.05, 3.63) is 51.7 Å². The maximum atomic E-state index is 12.5. The van der Waals surface area contributed by atoms with E-state index in [0.717, 1.165) is 41.2 Å². The SMILES string of the molecule is CN(Cc1ccc2nsnc2c1)C(=O)c1cnc(C2CC2)[nH]c1=O. The van der Waals surface area contributed by atoms with Gasteiger partial charge in [0.2, 0.25) is 0 Å². The first-order valence-corrected chi connectivity index (χ1v) is 8.41. The number of carbonyl (C=O) groups is 1. The van der Waals surface area contributed by atoms with E-state index in [1.807, 2.05) is 18.2 Å². The number of aromatic nitrogens is 4. The first kappa shape index (κ1) is 14.9. The van der Waals surface area contributed by atoms with Gasteiger partial charge in [0.1, 0.15) is 22.4 Å². The van der Waals surface area contributed by atoms with Crippen LogP contribution in [-0.2, 0) is 6.54 Å². The first-order chi connectivity index (χ1) is 11.6. The molecule has 4 rings (SSSR count). The summed E-state index contributed by atoms with van der Waals surface area (Å²) in [5, 5.41) is 0. The Morgan fingerprint density at radius 2 is 2.12 bits per heavy atom. The van der Waals surface area contributed by atoms with Crippen LogP contribution in [-0.4, -0.2) is 36.6 Å². The minimum Gasteiger partial charge on any atom is -0.337 e. The number of hydrogen-bond acceptors (Lipinski definition) is 6. The monoisotopic (exact) mass is 341 g/mol. The van der Waals surface area contributed by atoms with Gasteiger partial charge in [-0.2, -0.15) is 8.75 Å². The largest absolute Gasteiger partial charge is 0.337 e. The molecule has 24 heavy (non-hydrogen) atoms. The summed E-state index contributed by atoms with van der Waals surface area (Å²) >= 11 is 1.16. The Labute approximate surface area is 141 Å². The molecule has 3 aromatic rings. The van der Waals surface area contributed by atoms with E-state index in [9.17, 15) is 9.59 Å². The van der Waals surface area contributed by atoms with Crippen LogP contribution in [0.1, 0.15) is 40.5 Å². The van der Waals surface area contributed by atoms with Gasteiger partial charge < -0.3 is 9.88 Å². The van der Waals surface area contributed by atoms with Gasteiger partial charge in [-0.1, -0.05) is 6.07 Å². The number of amides is 1. The molecule has 2 aromatic heterocycles. The molecule has 0 spiro atoms.